The average molecular weight is 291 g/mol. The third-order valence-electron chi connectivity index (χ3n) is 6.97. The van der Waals surface area contributed by atoms with Gasteiger partial charge >= 0.3 is 0 Å². The van der Waals surface area contributed by atoms with Gasteiger partial charge in [-0.25, -0.2) is 0 Å². The molecule has 0 aromatic rings. The van der Waals surface area contributed by atoms with E-state index in [4.69, 9.17) is 0 Å². The van der Waals surface area contributed by atoms with Crippen molar-refractivity contribution in [2.75, 3.05) is 0 Å². The summed E-state index contributed by atoms with van der Waals surface area (Å²) >= 11 is 0. The van der Waals surface area contributed by atoms with Gasteiger partial charge in [0.15, 0.2) is 6.04 Å². The number of hydrogen-bond acceptors (Lipinski definition) is 1. The summed E-state index contributed by atoms with van der Waals surface area (Å²) in [4.78, 5) is 12.2. The smallest absolute Gasteiger partial charge is 0.278 e. The lowest BCUT2D eigenvalue weighted by Gasteiger charge is -2.58. The van der Waals surface area contributed by atoms with E-state index in [-0.39, 0.29) is 11.9 Å². The highest BCUT2D eigenvalue weighted by molar-refractivity contribution is 5.80. The van der Waals surface area contributed by atoms with Crippen LogP contribution in [0.1, 0.15) is 65.2 Å². The van der Waals surface area contributed by atoms with E-state index in [1.807, 2.05) is 0 Å². The zero-order valence-electron chi connectivity index (χ0n) is 13.6. The van der Waals surface area contributed by atoms with Crippen molar-refractivity contribution in [2.24, 2.45) is 23.2 Å². The summed E-state index contributed by atoms with van der Waals surface area (Å²) in [6.45, 7) is 4.49. The third kappa shape index (κ3) is 2.62. The quantitative estimate of drug-likeness (QED) is 0.797. The van der Waals surface area contributed by atoms with Crippen LogP contribution >= 0.6 is 0 Å². The molecule has 3 nitrogen and oxygen atoms in total. The van der Waals surface area contributed by atoms with Gasteiger partial charge in [0.2, 0.25) is 0 Å². The summed E-state index contributed by atoms with van der Waals surface area (Å²) in [5, 5.41) is 5.54. The third-order valence-corrected chi connectivity index (χ3v) is 6.97. The topological polar surface area (TPSA) is 45.7 Å². The second-order valence-corrected chi connectivity index (χ2v) is 8.83. The van der Waals surface area contributed by atoms with E-state index in [9.17, 15) is 4.79 Å². The summed E-state index contributed by atoms with van der Waals surface area (Å²) in [5.41, 5.74) is 0.545. The molecule has 5 rings (SSSR count). The molecule has 3 heteroatoms. The van der Waals surface area contributed by atoms with Gasteiger partial charge in [0.05, 0.1) is 6.04 Å². The second-order valence-electron chi connectivity index (χ2n) is 8.83. The van der Waals surface area contributed by atoms with Crippen molar-refractivity contribution in [1.29, 1.82) is 0 Å². The van der Waals surface area contributed by atoms with Gasteiger partial charge in [-0.2, -0.15) is 0 Å². The maximum Gasteiger partial charge on any atom is 0.278 e. The Morgan fingerprint density at radius 3 is 2.05 bits per heavy atom. The highest BCUT2D eigenvalue weighted by Crippen LogP contribution is 2.60. The summed E-state index contributed by atoms with van der Waals surface area (Å²) < 4.78 is 0. The minimum Gasteiger partial charge on any atom is -0.348 e. The van der Waals surface area contributed by atoms with Gasteiger partial charge in [-0.3, -0.25) is 4.79 Å². The molecule has 0 saturated heterocycles. The molecule has 3 N–H and O–H groups in total. The first kappa shape index (κ1) is 14.0. The van der Waals surface area contributed by atoms with Crippen molar-refractivity contribution in [2.45, 2.75) is 83.3 Å². The molecular weight excluding hydrogens is 260 g/mol. The molecule has 0 spiro atoms. The lowest BCUT2D eigenvalue weighted by molar-refractivity contribution is -0.719. The van der Waals surface area contributed by atoms with Gasteiger partial charge in [-0.05, 0) is 83.0 Å². The summed E-state index contributed by atoms with van der Waals surface area (Å²) in [5.74, 6) is 3.27. The first-order chi connectivity index (χ1) is 10.0. The van der Waals surface area contributed by atoms with Crippen LogP contribution in [0.2, 0.25) is 0 Å². The van der Waals surface area contributed by atoms with Gasteiger partial charge in [0.1, 0.15) is 0 Å². The van der Waals surface area contributed by atoms with Crippen LogP contribution in [0.25, 0.3) is 0 Å². The molecule has 0 unspecified atom stereocenters. The van der Waals surface area contributed by atoms with Crippen molar-refractivity contribution in [3.8, 4) is 0 Å². The van der Waals surface area contributed by atoms with Crippen LogP contribution < -0.4 is 10.6 Å². The monoisotopic (exact) mass is 291 g/mol. The Balaban J connectivity index is 1.39. The number of amides is 1. The zero-order valence-corrected chi connectivity index (χ0v) is 13.6. The fraction of sp³-hybridized carbons (Fsp3) is 0.944. The molecule has 5 aliphatic carbocycles. The minimum absolute atomic E-state index is 0.0774. The van der Waals surface area contributed by atoms with Crippen LogP contribution in [0.15, 0.2) is 0 Å². The molecule has 5 saturated carbocycles. The maximum absolute atomic E-state index is 12.2. The molecule has 0 aromatic heterocycles. The van der Waals surface area contributed by atoms with E-state index >= 15 is 0 Å². The predicted octanol–water partition coefficient (Wildman–Crippen LogP) is 1.82. The zero-order chi connectivity index (χ0) is 14.6. The van der Waals surface area contributed by atoms with E-state index < -0.39 is 0 Å². The molecule has 21 heavy (non-hydrogen) atoms. The number of carbonyl (C=O) groups is 1. The summed E-state index contributed by atoms with van der Waals surface area (Å²) in [6.07, 6.45) is 11.2. The molecule has 0 aliphatic heterocycles. The van der Waals surface area contributed by atoms with E-state index in [1.165, 1.54) is 51.4 Å². The molecule has 1 amide bonds. The fourth-order valence-electron chi connectivity index (χ4n) is 6.02. The van der Waals surface area contributed by atoms with Crippen molar-refractivity contribution in [1.82, 2.24) is 5.32 Å². The van der Waals surface area contributed by atoms with Crippen molar-refractivity contribution in [3.05, 3.63) is 0 Å². The standard InChI is InChI=1S/C18H30N2O/c1-11(17(21)20-16-3-4-16)19-12(2)18-8-13-5-14(9-18)7-15(6-13)10-18/h11-16,19H,3-10H2,1-2H3,(H,20,21)/p+1/t11-,12-,13?,14?,15?,18?/m1/s1. The van der Waals surface area contributed by atoms with E-state index in [2.05, 4.69) is 24.5 Å². The first-order valence-corrected chi connectivity index (χ1v) is 9.19. The molecule has 2 atom stereocenters. The number of nitrogens with one attached hydrogen (secondary N) is 1. The molecule has 0 radical (unpaired) electrons. The fourth-order valence-corrected chi connectivity index (χ4v) is 6.02. The SMILES string of the molecule is C[C@@H]([NH2+][C@H](C)C12CC3CC(CC(C3)C1)C2)C(=O)NC1CC1. The minimum atomic E-state index is 0.0774. The highest BCUT2D eigenvalue weighted by atomic mass is 16.2. The van der Waals surface area contributed by atoms with E-state index in [1.54, 1.807) is 0 Å². The number of carbonyl (C=O) groups excluding carboxylic acids is 1. The molecule has 0 heterocycles. The van der Waals surface area contributed by atoms with Crippen LogP contribution in [0.5, 0.6) is 0 Å². The Kier molecular flexibility index (Phi) is 3.33. The number of rotatable bonds is 5. The van der Waals surface area contributed by atoms with Gasteiger partial charge in [0, 0.05) is 11.5 Å². The van der Waals surface area contributed by atoms with Crippen molar-refractivity contribution >= 4 is 5.91 Å². The van der Waals surface area contributed by atoms with E-state index in [0.29, 0.717) is 17.5 Å². The molecule has 4 bridgehead atoms. The van der Waals surface area contributed by atoms with Gasteiger partial charge < -0.3 is 10.6 Å². The number of nitrogens with two attached hydrogens (primary N) is 1. The number of quaternary nitrogens is 1. The molecular formula is C18H31N2O+. The highest BCUT2D eigenvalue weighted by Gasteiger charge is 2.54. The summed E-state index contributed by atoms with van der Waals surface area (Å²) in [6, 6.07) is 1.17. The van der Waals surface area contributed by atoms with Gasteiger partial charge in [-0.1, -0.05) is 0 Å². The average Bonchev–Trinajstić information content (AvgIpc) is 3.20. The maximum atomic E-state index is 12.2. The van der Waals surface area contributed by atoms with Gasteiger partial charge in [-0.15, -0.1) is 0 Å². The molecule has 5 aliphatic rings. The molecule has 0 aromatic carbocycles. The lowest BCUT2D eigenvalue weighted by atomic mass is 9.48. The lowest BCUT2D eigenvalue weighted by Crippen LogP contribution is -2.98. The Bertz CT molecular complexity index is 394. The first-order valence-electron chi connectivity index (χ1n) is 9.19. The second kappa shape index (κ2) is 4.97. The summed E-state index contributed by atoms with van der Waals surface area (Å²) in [7, 11) is 0. The molecule has 5 fully saturated rings. The Morgan fingerprint density at radius 2 is 1.57 bits per heavy atom. The number of hydrogen-bond donors (Lipinski definition) is 2. The van der Waals surface area contributed by atoms with E-state index in [0.717, 1.165) is 17.8 Å². The molecule has 118 valence electrons. The van der Waals surface area contributed by atoms with Crippen LogP contribution in [0, 0.1) is 23.2 Å². The Labute approximate surface area is 128 Å². The predicted molar refractivity (Wildman–Crippen MR) is 82.6 cm³/mol. The largest absolute Gasteiger partial charge is 0.348 e. The van der Waals surface area contributed by atoms with Crippen LogP contribution in [-0.4, -0.2) is 24.0 Å². The van der Waals surface area contributed by atoms with Gasteiger partial charge in [0.25, 0.3) is 5.91 Å². The Morgan fingerprint density at radius 1 is 1.05 bits per heavy atom. The van der Waals surface area contributed by atoms with Crippen LogP contribution in [0.3, 0.4) is 0 Å². The van der Waals surface area contributed by atoms with Crippen molar-refractivity contribution in [3.63, 3.8) is 0 Å². The Hall–Kier alpha value is -0.570. The normalized spacial score (nSPS) is 43.6. The van der Waals surface area contributed by atoms with Crippen molar-refractivity contribution < 1.29 is 10.1 Å². The van der Waals surface area contributed by atoms with Crippen LogP contribution in [-0.2, 0) is 4.79 Å². The van der Waals surface area contributed by atoms with Crippen LogP contribution in [0.4, 0.5) is 0 Å².